The first-order valence-electron chi connectivity index (χ1n) is 3.76. The molecule has 0 atom stereocenters. The smallest absolute Gasteiger partial charge is 0.298 e. The summed E-state index contributed by atoms with van der Waals surface area (Å²) in [4.78, 5) is 10.8. The maximum atomic E-state index is 11.8. The molecule has 0 bridgehead atoms. The van der Waals surface area contributed by atoms with Gasteiger partial charge in [-0.1, -0.05) is 12.1 Å². The molecule has 1 aromatic rings. The van der Waals surface area contributed by atoms with E-state index in [1.807, 2.05) is 0 Å². The average molecular weight is 220 g/mol. The molecule has 0 heterocycles. The molecule has 0 aliphatic carbocycles. The van der Waals surface area contributed by atoms with Crippen molar-refractivity contribution < 1.29 is 18.0 Å². The number of benzene rings is 1. The summed E-state index contributed by atoms with van der Waals surface area (Å²) in [5.74, 6) is -0.909. The number of halogens is 3. The van der Waals surface area contributed by atoms with Crippen LogP contribution in [0.25, 0.3) is 0 Å². The molecule has 0 radical (unpaired) electrons. The molecule has 1 aromatic carbocycles. The Morgan fingerprint density at radius 3 is 2.21 bits per heavy atom. The molecule has 0 amide bonds. The molecule has 0 spiro atoms. The van der Waals surface area contributed by atoms with Gasteiger partial charge in [0.05, 0.1) is 5.75 Å². The Hall–Kier alpha value is -0.970. The van der Waals surface area contributed by atoms with Crippen LogP contribution in [-0.2, 0) is 0 Å². The third-order valence-electron chi connectivity index (χ3n) is 1.42. The summed E-state index contributed by atoms with van der Waals surface area (Å²) in [5, 5.41) is 0. The average Bonchev–Trinajstić information content (AvgIpc) is 2.14. The zero-order valence-electron chi connectivity index (χ0n) is 7.04. The number of hydrogen-bond donors (Lipinski definition) is 0. The fourth-order valence-electron chi connectivity index (χ4n) is 0.808. The zero-order valence-corrected chi connectivity index (χ0v) is 7.86. The summed E-state index contributed by atoms with van der Waals surface area (Å²) in [6, 6.07) is 5.98. The van der Waals surface area contributed by atoms with Crippen molar-refractivity contribution in [2.75, 3.05) is 5.75 Å². The monoisotopic (exact) mass is 220 g/mol. The van der Waals surface area contributed by atoms with E-state index in [0.717, 1.165) is 0 Å². The quantitative estimate of drug-likeness (QED) is 0.575. The van der Waals surface area contributed by atoms with Crippen LogP contribution in [-0.4, -0.2) is 18.2 Å². The second kappa shape index (κ2) is 4.50. The van der Waals surface area contributed by atoms with Crippen LogP contribution in [0.15, 0.2) is 29.2 Å². The van der Waals surface area contributed by atoms with Crippen LogP contribution in [0.4, 0.5) is 13.2 Å². The minimum Gasteiger partial charge on any atom is -0.298 e. The summed E-state index contributed by atoms with van der Waals surface area (Å²) >= 11 is 0.706. The largest absolute Gasteiger partial charge is 0.398 e. The molecule has 0 saturated carbocycles. The Morgan fingerprint density at radius 1 is 1.21 bits per heavy atom. The third-order valence-corrected chi connectivity index (χ3v) is 2.50. The second-order valence-electron chi connectivity index (χ2n) is 2.59. The van der Waals surface area contributed by atoms with Gasteiger partial charge in [-0.3, -0.25) is 4.79 Å². The van der Waals surface area contributed by atoms with E-state index in [-0.39, 0.29) is 0 Å². The van der Waals surface area contributed by atoms with Gasteiger partial charge in [0.2, 0.25) is 0 Å². The third kappa shape index (κ3) is 3.83. The normalized spacial score (nSPS) is 11.4. The molecule has 0 aromatic heterocycles. The highest BCUT2D eigenvalue weighted by atomic mass is 32.2. The number of hydrogen-bond acceptors (Lipinski definition) is 2. The highest BCUT2D eigenvalue weighted by Crippen LogP contribution is 2.26. The molecule has 0 unspecified atom stereocenters. The van der Waals surface area contributed by atoms with E-state index in [4.69, 9.17) is 0 Å². The van der Waals surface area contributed by atoms with Gasteiger partial charge in [-0.2, -0.15) is 13.2 Å². The van der Waals surface area contributed by atoms with E-state index in [1.165, 1.54) is 24.3 Å². The van der Waals surface area contributed by atoms with Crippen molar-refractivity contribution in [3.63, 3.8) is 0 Å². The van der Waals surface area contributed by atoms with Crippen molar-refractivity contribution >= 4 is 18.0 Å². The lowest BCUT2D eigenvalue weighted by molar-refractivity contribution is -0.105. The zero-order chi connectivity index (χ0) is 10.6. The van der Waals surface area contributed by atoms with Crippen LogP contribution in [0, 0.1) is 0 Å². The van der Waals surface area contributed by atoms with Crippen LogP contribution in [0.2, 0.25) is 0 Å². The Labute approximate surface area is 83.3 Å². The van der Waals surface area contributed by atoms with Crippen LogP contribution in [0.1, 0.15) is 10.4 Å². The van der Waals surface area contributed by atoms with Crippen LogP contribution < -0.4 is 0 Å². The Balaban J connectivity index is 2.56. The van der Waals surface area contributed by atoms with Crippen LogP contribution >= 0.6 is 11.8 Å². The number of thioether (sulfide) groups is 1. The molecule has 0 saturated heterocycles. The lowest BCUT2D eigenvalue weighted by Crippen LogP contribution is -2.10. The van der Waals surface area contributed by atoms with Gasteiger partial charge >= 0.3 is 6.18 Å². The lowest BCUT2D eigenvalue weighted by Gasteiger charge is -2.05. The molecule has 0 aliphatic rings. The predicted octanol–water partition coefficient (Wildman–Crippen LogP) is 3.15. The van der Waals surface area contributed by atoms with Crippen molar-refractivity contribution in [2.45, 2.75) is 11.1 Å². The minimum absolute atomic E-state index is 0.460. The van der Waals surface area contributed by atoms with E-state index in [0.29, 0.717) is 28.5 Å². The Kier molecular flexibility index (Phi) is 3.57. The lowest BCUT2D eigenvalue weighted by atomic mass is 10.2. The van der Waals surface area contributed by atoms with Gasteiger partial charge in [0.25, 0.3) is 0 Å². The van der Waals surface area contributed by atoms with E-state index in [1.54, 1.807) is 0 Å². The van der Waals surface area contributed by atoms with Crippen molar-refractivity contribution in [1.82, 2.24) is 0 Å². The maximum absolute atomic E-state index is 11.8. The van der Waals surface area contributed by atoms with E-state index < -0.39 is 11.9 Å². The topological polar surface area (TPSA) is 17.1 Å². The van der Waals surface area contributed by atoms with Gasteiger partial charge in [0.15, 0.2) is 0 Å². The van der Waals surface area contributed by atoms with Gasteiger partial charge in [-0.05, 0) is 12.1 Å². The van der Waals surface area contributed by atoms with Gasteiger partial charge in [-0.25, -0.2) is 0 Å². The molecule has 0 N–H and O–H groups in total. The fraction of sp³-hybridized carbons (Fsp3) is 0.222. The molecule has 76 valence electrons. The van der Waals surface area contributed by atoms with Crippen molar-refractivity contribution in [3.05, 3.63) is 29.8 Å². The fourth-order valence-corrected chi connectivity index (χ4v) is 1.47. The summed E-state index contributed by atoms with van der Waals surface area (Å²) < 4.78 is 35.4. The molecule has 14 heavy (non-hydrogen) atoms. The van der Waals surface area contributed by atoms with Gasteiger partial charge in [-0.15, -0.1) is 11.8 Å². The summed E-state index contributed by atoms with van der Waals surface area (Å²) in [6.07, 6.45) is -3.51. The van der Waals surface area contributed by atoms with E-state index >= 15 is 0 Å². The number of carbonyl (C=O) groups excluding carboxylic acids is 1. The van der Waals surface area contributed by atoms with Gasteiger partial charge in [0.1, 0.15) is 6.29 Å². The second-order valence-corrected chi connectivity index (χ2v) is 3.64. The molecule has 5 heteroatoms. The minimum atomic E-state index is -4.16. The molecular weight excluding hydrogens is 213 g/mol. The Morgan fingerprint density at radius 2 is 1.79 bits per heavy atom. The number of rotatable bonds is 3. The molecule has 1 nitrogen and oxygen atoms in total. The molecule has 0 fully saturated rings. The van der Waals surface area contributed by atoms with Gasteiger partial charge in [0, 0.05) is 10.5 Å². The number of alkyl halides is 3. The summed E-state index contributed by atoms with van der Waals surface area (Å²) in [7, 11) is 0. The summed E-state index contributed by atoms with van der Waals surface area (Å²) in [5.41, 5.74) is 0.460. The Bertz CT molecular complexity index is 305. The SMILES string of the molecule is O=Cc1ccc(SCC(F)(F)F)cc1. The maximum Gasteiger partial charge on any atom is 0.398 e. The van der Waals surface area contributed by atoms with Crippen LogP contribution in [0.3, 0.4) is 0 Å². The number of aldehydes is 1. The standard InChI is InChI=1S/C9H7F3OS/c10-9(11,12)6-14-8-3-1-7(5-13)2-4-8/h1-5H,6H2. The van der Waals surface area contributed by atoms with Gasteiger partial charge < -0.3 is 0 Å². The molecule has 0 aliphatic heterocycles. The highest BCUT2D eigenvalue weighted by Gasteiger charge is 2.27. The summed E-state index contributed by atoms with van der Waals surface area (Å²) in [6.45, 7) is 0. The predicted molar refractivity (Wildman–Crippen MR) is 48.6 cm³/mol. The van der Waals surface area contributed by atoms with E-state index in [2.05, 4.69) is 0 Å². The van der Waals surface area contributed by atoms with Crippen molar-refractivity contribution in [2.24, 2.45) is 0 Å². The first-order chi connectivity index (χ1) is 6.51. The molecule has 1 rings (SSSR count). The first-order valence-corrected chi connectivity index (χ1v) is 4.74. The van der Waals surface area contributed by atoms with E-state index in [9.17, 15) is 18.0 Å². The van der Waals surface area contributed by atoms with Crippen LogP contribution in [0.5, 0.6) is 0 Å². The van der Waals surface area contributed by atoms with Crippen molar-refractivity contribution in [1.29, 1.82) is 0 Å². The number of carbonyl (C=O) groups is 1. The van der Waals surface area contributed by atoms with Crippen molar-refractivity contribution in [3.8, 4) is 0 Å². The first kappa shape index (κ1) is 11.1. The highest BCUT2D eigenvalue weighted by molar-refractivity contribution is 7.99. The molecular formula is C9H7F3OS.